The van der Waals surface area contributed by atoms with Gasteiger partial charge < -0.3 is 5.11 Å². The Labute approximate surface area is 161 Å². The second-order valence-corrected chi connectivity index (χ2v) is 6.91. The quantitative estimate of drug-likeness (QED) is 0.578. The zero-order valence-corrected chi connectivity index (χ0v) is 15.4. The van der Waals surface area contributed by atoms with Crippen molar-refractivity contribution in [1.29, 1.82) is 0 Å². The van der Waals surface area contributed by atoms with Crippen LogP contribution < -0.4 is 0 Å². The van der Waals surface area contributed by atoms with Gasteiger partial charge in [0.25, 0.3) is 0 Å². The molecule has 5 nitrogen and oxygen atoms in total. The molecule has 0 amide bonds. The molecule has 142 valence electrons. The fourth-order valence-electron chi connectivity index (χ4n) is 3.45. The van der Waals surface area contributed by atoms with E-state index in [1.54, 1.807) is 6.07 Å². The molecule has 1 aliphatic heterocycles. The lowest BCUT2D eigenvalue weighted by atomic mass is 9.95. The van der Waals surface area contributed by atoms with Crippen LogP contribution >= 0.6 is 11.6 Å². The number of nitro benzene ring substituents is 1. The van der Waals surface area contributed by atoms with Gasteiger partial charge in [-0.3, -0.25) is 15.0 Å². The number of aliphatic hydroxyl groups excluding tert-OH is 1. The van der Waals surface area contributed by atoms with Crippen LogP contribution in [0.1, 0.15) is 30.0 Å². The van der Waals surface area contributed by atoms with Crippen LogP contribution in [0.4, 0.5) is 10.1 Å². The lowest BCUT2D eigenvalue weighted by molar-refractivity contribution is -0.387. The maximum atomic E-state index is 13.7. The average Bonchev–Trinajstić information content (AvgIpc) is 2.67. The zero-order chi connectivity index (χ0) is 19.4. The number of aliphatic hydroxyl groups is 1. The molecule has 7 heteroatoms. The van der Waals surface area contributed by atoms with Crippen LogP contribution in [0.2, 0.25) is 5.02 Å². The molecule has 0 bridgehead atoms. The number of nitro groups is 1. The third-order valence-corrected chi connectivity index (χ3v) is 5.10. The fraction of sp³-hybridized carbons (Fsp3) is 0.300. The van der Waals surface area contributed by atoms with Crippen molar-refractivity contribution < 1.29 is 14.4 Å². The lowest BCUT2D eigenvalue weighted by Crippen LogP contribution is -2.33. The monoisotopic (exact) mass is 390 g/mol. The first-order chi connectivity index (χ1) is 13.0. The average molecular weight is 391 g/mol. The number of benzene rings is 2. The summed E-state index contributed by atoms with van der Waals surface area (Å²) in [5.41, 5.74) is 2.44. The van der Waals surface area contributed by atoms with E-state index in [1.165, 1.54) is 11.6 Å². The summed E-state index contributed by atoms with van der Waals surface area (Å²) >= 11 is 5.94. The van der Waals surface area contributed by atoms with Gasteiger partial charge in [-0.1, -0.05) is 35.9 Å². The molecule has 1 atom stereocenters. The summed E-state index contributed by atoms with van der Waals surface area (Å²) in [7, 11) is 0. The van der Waals surface area contributed by atoms with E-state index in [4.69, 9.17) is 11.6 Å². The van der Waals surface area contributed by atoms with Crippen LogP contribution in [0.15, 0.2) is 48.5 Å². The summed E-state index contributed by atoms with van der Waals surface area (Å²) in [6, 6.07) is 11.4. The number of halogens is 2. The van der Waals surface area contributed by atoms with Crippen molar-refractivity contribution in [3.63, 3.8) is 0 Å². The van der Waals surface area contributed by atoms with Crippen LogP contribution in [-0.4, -0.2) is 34.6 Å². The minimum absolute atomic E-state index is 0.0555. The SMILES string of the molecule is O=[N+]([O-])c1cc(C(CCO)N2CC=C(c3ccc(Cl)cc3)CC2)ccc1F. The van der Waals surface area contributed by atoms with Crippen LogP contribution in [0.25, 0.3) is 5.57 Å². The minimum atomic E-state index is -0.852. The van der Waals surface area contributed by atoms with Crippen molar-refractivity contribution in [2.24, 2.45) is 0 Å². The molecule has 1 unspecified atom stereocenters. The molecule has 0 fully saturated rings. The van der Waals surface area contributed by atoms with E-state index in [0.29, 0.717) is 23.6 Å². The predicted molar refractivity (Wildman–Crippen MR) is 103 cm³/mol. The number of nitrogens with zero attached hydrogens (tertiary/aromatic N) is 2. The van der Waals surface area contributed by atoms with E-state index in [9.17, 15) is 19.6 Å². The summed E-state index contributed by atoms with van der Waals surface area (Å²) in [5, 5.41) is 21.2. The molecule has 1 heterocycles. The highest BCUT2D eigenvalue weighted by Crippen LogP contribution is 2.32. The first-order valence-electron chi connectivity index (χ1n) is 8.73. The molecule has 2 aromatic carbocycles. The summed E-state index contributed by atoms with van der Waals surface area (Å²) in [6.07, 6.45) is 3.36. The molecule has 1 N–H and O–H groups in total. The van der Waals surface area contributed by atoms with E-state index in [0.717, 1.165) is 24.6 Å². The van der Waals surface area contributed by atoms with Crippen molar-refractivity contribution in [1.82, 2.24) is 4.90 Å². The van der Waals surface area contributed by atoms with Gasteiger partial charge in [-0.15, -0.1) is 0 Å². The molecule has 3 rings (SSSR count). The van der Waals surface area contributed by atoms with Crippen molar-refractivity contribution >= 4 is 22.9 Å². The van der Waals surface area contributed by atoms with Crippen LogP contribution in [0.5, 0.6) is 0 Å². The normalized spacial score (nSPS) is 16.0. The standard InChI is InChI=1S/C20H20ClFN2O3/c21-17-4-1-14(2-5-17)15-7-10-23(11-8-15)19(9-12-25)16-3-6-18(22)20(13-16)24(26)27/h1-7,13,19,25H,8-12H2. The molecule has 2 aromatic rings. The molecule has 0 saturated carbocycles. The summed E-state index contributed by atoms with van der Waals surface area (Å²) in [4.78, 5) is 12.5. The van der Waals surface area contributed by atoms with Gasteiger partial charge in [-0.2, -0.15) is 4.39 Å². The molecular formula is C20H20ClFN2O3. The summed E-state index contributed by atoms with van der Waals surface area (Å²) in [5.74, 6) is -0.852. The lowest BCUT2D eigenvalue weighted by Gasteiger charge is -2.34. The van der Waals surface area contributed by atoms with Gasteiger partial charge in [0.1, 0.15) is 0 Å². The van der Waals surface area contributed by atoms with Crippen LogP contribution in [0, 0.1) is 15.9 Å². The summed E-state index contributed by atoms with van der Waals surface area (Å²) < 4.78 is 13.7. The molecule has 0 spiro atoms. The van der Waals surface area contributed by atoms with E-state index in [2.05, 4.69) is 11.0 Å². The smallest absolute Gasteiger partial charge is 0.305 e. The summed E-state index contributed by atoms with van der Waals surface area (Å²) in [6.45, 7) is 1.33. The Bertz CT molecular complexity index is 855. The molecule has 1 aliphatic rings. The first kappa shape index (κ1) is 19.5. The Balaban J connectivity index is 1.81. The Hall–Kier alpha value is -2.28. The number of hydrogen-bond acceptors (Lipinski definition) is 4. The number of rotatable bonds is 6. The Morgan fingerprint density at radius 2 is 2.00 bits per heavy atom. The predicted octanol–water partition coefficient (Wildman–Crippen LogP) is 4.60. The Kier molecular flexibility index (Phi) is 6.21. The van der Waals surface area contributed by atoms with Gasteiger partial charge in [0.15, 0.2) is 0 Å². The molecule has 27 heavy (non-hydrogen) atoms. The fourth-order valence-corrected chi connectivity index (χ4v) is 3.58. The van der Waals surface area contributed by atoms with Gasteiger partial charge in [0.2, 0.25) is 5.82 Å². The maximum absolute atomic E-state index is 13.7. The van der Waals surface area contributed by atoms with Gasteiger partial charge in [-0.25, -0.2) is 0 Å². The second kappa shape index (κ2) is 8.61. The van der Waals surface area contributed by atoms with Crippen molar-refractivity contribution in [2.75, 3.05) is 19.7 Å². The molecule has 0 aliphatic carbocycles. The highest BCUT2D eigenvalue weighted by Gasteiger charge is 2.25. The topological polar surface area (TPSA) is 66.6 Å². The molecular weight excluding hydrogens is 371 g/mol. The van der Waals surface area contributed by atoms with E-state index < -0.39 is 16.4 Å². The van der Waals surface area contributed by atoms with E-state index >= 15 is 0 Å². The zero-order valence-electron chi connectivity index (χ0n) is 14.6. The maximum Gasteiger partial charge on any atom is 0.305 e. The van der Waals surface area contributed by atoms with Gasteiger partial charge >= 0.3 is 5.69 Å². The second-order valence-electron chi connectivity index (χ2n) is 6.48. The van der Waals surface area contributed by atoms with Crippen molar-refractivity contribution in [2.45, 2.75) is 18.9 Å². The van der Waals surface area contributed by atoms with Gasteiger partial charge in [0, 0.05) is 36.8 Å². The Morgan fingerprint density at radius 1 is 1.26 bits per heavy atom. The van der Waals surface area contributed by atoms with Crippen molar-refractivity contribution in [3.05, 3.63) is 80.6 Å². The number of hydrogen-bond donors (Lipinski definition) is 1. The van der Waals surface area contributed by atoms with E-state index in [-0.39, 0.29) is 12.6 Å². The van der Waals surface area contributed by atoms with E-state index in [1.807, 2.05) is 24.3 Å². The highest BCUT2D eigenvalue weighted by atomic mass is 35.5. The third-order valence-electron chi connectivity index (χ3n) is 4.85. The first-order valence-corrected chi connectivity index (χ1v) is 9.11. The van der Waals surface area contributed by atoms with Crippen LogP contribution in [-0.2, 0) is 0 Å². The highest BCUT2D eigenvalue weighted by molar-refractivity contribution is 6.30. The largest absolute Gasteiger partial charge is 0.396 e. The van der Waals surface area contributed by atoms with Gasteiger partial charge in [0.05, 0.1) is 4.92 Å². The van der Waals surface area contributed by atoms with Gasteiger partial charge in [-0.05, 0) is 47.7 Å². The Morgan fingerprint density at radius 3 is 2.59 bits per heavy atom. The van der Waals surface area contributed by atoms with Crippen molar-refractivity contribution in [3.8, 4) is 0 Å². The third kappa shape index (κ3) is 4.53. The minimum Gasteiger partial charge on any atom is -0.396 e. The molecule has 0 radical (unpaired) electrons. The molecule has 0 aromatic heterocycles. The van der Waals surface area contributed by atoms with Crippen LogP contribution in [0.3, 0.4) is 0 Å². The molecule has 0 saturated heterocycles.